The lowest BCUT2D eigenvalue weighted by Crippen LogP contribution is -2.36. The van der Waals surface area contributed by atoms with E-state index in [1.54, 1.807) is 29.2 Å². The highest BCUT2D eigenvalue weighted by Crippen LogP contribution is 2.42. The van der Waals surface area contributed by atoms with Gasteiger partial charge in [-0.3, -0.25) is 0 Å². The predicted molar refractivity (Wildman–Crippen MR) is 149 cm³/mol. The zero-order valence-corrected chi connectivity index (χ0v) is 23.5. The molecule has 0 saturated heterocycles. The van der Waals surface area contributed by atoms with E-state index in [9.17, 15) is 25.9 Å². The van der Waals surface area contributed by atoms with Crippen LogP contribution in [-0.2, 0) is 26.8 Å². The Morgan fingerprint density at radius 1 is 0.923 bits per heavy atom. The highest BCUT2D eigenvalue weighted by atomic mass is 35.5. The molecular formula is C26H22ClN2O7S3-. The number of aromatic nitrogens is 1. The van der Waals surface area contributed by atoms with Crippen molar-refractivity contribution in [1.29, 1.82) is 0 Å². The number of hydrogen-bond acceptors (Lipinski definition) is 9. The maximum atomic E-state index is 11.5. The normalized spacial score (nSPS) is 14.6. The standard InChI is InChI=1S/C26H23ClN2O7S3/c27-20-8-10-24-22(16-20)29(11-4-13-38(30,31)32)26(37-24)17-25-28(12-14-39(33,34)35)21-15-19(7-9-23(21)36-25)18-5-2-1-3-6-18/h1-3,5-10,15-17H,4,11-14H2,(H-,30,31,32,33,34,35)/p-1. The second kappa shape index (κ2) is 10.9. The van der Waals surface area contributed by atoms with Crippen LogP contribution in [0.15, 0.2) is 72.6 Å². The molecule has 0 unspecified atom stereocenters. The third-order valence-electron chi connectivity index (χ3n) is 6.12. The number of rotatable bonds is 9. The van der Waals surface area contributed by atoms with Crippen molar-refractivity contribution in [1.82, 2.24) is 0 Å². The first-order valence-electron chi connectivity index (χ1n) is 11.8. The van der Waals surface area contributed by atoms with Crippen LogP contribution >= 0.6 is 22.9 Å². The lowest BCUT2D eigenvalue weighted by atomic mass is 10.0. The third-order valence-corrected chi connectivity index (χ3v) is 8.94. The van der Waals surface area contributed by atoms with E-state index < -0.39 is 31.7 Å². The van der Waals surface area contributed by atoms with Crippen LogP contribution in [0.3, 0.4) is 0 Å². The fraction of sp³-hybridized carbons (Fsp3) is 0.192. The number of halogens is 1. The van der Waals surface area contributed by atoms with E-state index >= 15 is 0 Å². The number of ether oxygens (including phenoxy) is 1. The molecule has 0 atom stereocenters. The number of nitrogens with zero attached hydrogens (tertiary/aromatic N) is 2. The van der Waals surface area contributed by atoms with Gasteiger partial charge in [0.2, 0.25) is 11.4 Å². The van der Waals surface area contributed by atoms with Crippen LogP contribution in [0.1, 0.15) is 11.4 Å². The van der Waals surface area contributed by atoms with Gasteiger partial charge in [0.05, 0.1) is 37.8 Å². The van der Waals surface area contributed by atoms with Gasteiger partial charge in [0.15, 0.2) is 12.3 Å². The first-order valence-corrected chi connectivity index (χ1v) is 16.2. The molecule has 0 spiro atoms. The van der Waals surface area contributed by atoms with Gasteiger partial charge in [-0.25, -0.2) is 16.8 Å². The zero-order valence-electron chi connectivity index (χ0n) is 20.3. The summed E-state index contributed by atoms with van der Waals surface area (Å²) in [6.45, 7) is 0.0923. The lowest BCUT2D eigenvalue weighted by Gasteiger charge is -2.19. The van der Waals surface area contributed by atoms with Crippen LogP contribution in [-0.4, -0.2) is 44.0 Å². The van der Waals surface area contributed by atoms with Gasteiger partial charge < -0.3 is 18.7 Å². The van der Waals surface area contributed by atoms with Crippen LogP contribution in [0.2, 0.25) is 5.02 Å². The number of thiazole rings is 1. The fourth-order valence-electron chi connectivity index (χ4n) is 4.37. The Morgan fingerprint density at radius 3 is 2.38 bits per heavy atom. The Kier molecular flexibility index (Phi) is 7.68. The van der Waals surface area contributed by atoms with E-state index in [0.717, 1.165) is 21.3 Å². The molecule has 5 rings (SSSR count). The van der Waals surface area contributed by atoms with Crippen molar-refractivity contribution in [3.05, 3.63) is 82.6 Å². The Balaban J connectivity index is 1.57. The molecule has 13 heteroatoms. The summed E-state index contributed by atoms with van der Waals surface area (Å²) in [5, 5.41) is 1.15. The van der Waals surface area contributed by atoms with E-state index in [0.29, 0.717) is 27.4 Å². The van der Waals surface area contributed by atoms with Crippen LogP contribution in [0, 0.1) is 0 Å². The third kappa shape index (κ3) is 6.60. The van der Waals surface area contributed by atoms with E-state index in [1.807, 2.05) is 53.1 Å². The molecule has 1 aliphatic heterocycles. The summed E-state index contributed by atoms with van der Waals surface area (Å²) in [7, 11) is -8.90. The number of benzene rings is 3. The van der Waals surface area contributed by atoms with Crippen molar-refractivity contribution in [3.63, 3.8) is 0 Å². The second-order valence-corrected chi connectivity index (χ2v) is 13.4. The monoisotopic (exact) mass is 605 g/mol. The lowest BCUT2D eigenvalue weighted by molar-refractivity contribution is -0.668. The van der Waals surface area contributed by atoms with Gasteiger partial charge in [0.25, 0.3) is 5.01 Å². The zero-order chi connectivity index (χ0) is 27.8. The van der Waals surface area contributed by atoms with Gasteiger partial charge in [-0.15, -0.1) is 0 Å². The predicted octanol–water partition coefficient (Wildman–Crippen LogP) is 4.19. The second-order valence-electron chi connectivity index (χ2n) is 8.87. The van der Waals surface area contributed by atoms with Crippen molar-refractivity contribution in [2.75, 3.05) is 23.0 Å². The van der Waals surface area contributed by atoms with E-state index in [1.165, 1.54) is 11.3 Å². The summed E-state index contributed by atoms with van der Waals surface area (Å²) in [5.74, 6) is -0.350. The molecule has 204 valence electrons. The molecular weight excluding hydrogens is 584 g/mol. The van der Waals surface area contributed by atoms with Gasteiger partial charge in [-0.05, 0) is 35.4 Å². The summed E-state index contributed by atoms with van der Waals surface area (Å²) < 4.78 is 77.0. The minimum atomic E-state index is -4.51. The Bertz CT molecular complexity index is 1790. The summed E-state index contributed by atoms with van der Waals surface area (Å²) in [6, 6.07) is 20.5. The van der Waals surface area contributed by atoms with Gasteiger partial charge in [-0.2, -0.15) is 4.57 Å². The molecule has 0 radical (unpaired) electrons. The maximum Gasteiger partial charge on any atom is 0.268 e. The van der Waals surface area contributed by atoms with Crippen LogP contribution in [0.25, 0.3) is 27.4 Å². The average Bonchev–Trinajstić information content (AvgIpc) is 3.38. The van der Waals surface area contributed by atoms with Crippen molar-refractivity contribution >= 4 is 65.2 Å². The number of aryl methyl sites for hydroxylation is 1. The van der Waals surface area contributed by atoms with Crippen LogP contribution in [0.5, 0.6) is 5.75 Å². The summed E-state index contributed by atoms with van der Waals surface area (Å²) in [6.07, 6.45) is 1.80. The van der Waals surface area contributed by atoms with Crippen LogP contribution < -0.4 is 14.2 Å². The molecule has 1 aliphatic rings. The number of anilines is 1. The molecule has 39 heavy (non-hydrogen) atoms. The molecule has 0 N–H and O–H groups in total. The van der Waals surface area contributed by atoms with Crippen molar-refractivity contribution in [3.8, 4) is 16.9 Å². The Hall–Kier alpha value is -3.00. The smallest absolute Gasteiger partial charge is 0.268 e. The first kappa shape index (κ1) is 27.6. The van der Waals surface area contributed by atoms with Gasteiger partial charge >= 0.3 is 0 Å². The molecule has 4 aromatic rings. The first-order chi connectivity index (χ1) is 18.5. The number of hydrogen-bond donors (Lipinski definition) is 0. The van der Waals surface area contributed by atoms with Gasteiger partial charge in [-0.1, -0.05) is 59.3 Å². The highest BCUT2D eigenvalue weighted by Gasteiger charge is 2.30. The molecule has 0 saturated carbocycles. The molecule has 9 nitrogen and oxygen atoms in total. The molecule has 3 aromatic carbocycles. The van der Waals surface area contributed by atoms with Crippen molar-refractivity contribution < 1.29 is 35.2 Å². The minimum Gasteiger partial charge on any atom is -0.748 e. The van der Waals surface area contributed by atoms with Gasteiger partial charge in [0.1, 0.15) is 4.70 Å². The molecule has 0 amide bonds. The summed E-state index contributed by atoms with van der Waals surface area (Å²) >= 11 is 7.62. The molecule has 0 bridgehead atoms. The molecule has 0 aliphatic carbocycles. The molecule has 0 fully saturated rings. The van der Waals surface area contributed by atoms with Gasteiger partial charge in [0, 0.05) is 29.8 Å². The average molecular weight is 606 g/mol. The van der Waals surface area contributed by atoms with E-state index in [-0.39, 0.29) is 19.5 Å². The van der Waals surface area contributed by atoms with Crippen LogP contribution in [0.4, 0.5) is 5.69 Å². The maximum absolute atomic E-state index is 11.5. The van der Waals surface area contributed by atoms with Crippen molar-refractivity contribution in [2.45, 2.75) is 13.0 Å². The summed E-state index contributed by atoms with van der Waals surface area (Å²) in [4.78, 5) is 1.64. The quantitative estimate of drug-likeness (QED) is 0.205. The molecule has 1 aromatic heterocycles. The largest absolute Gasteiger partial charge is 0.748 e. The minimum absolute atomic E-state index is 0.0880. The highest BCUT2D eigenvalue weighted by molar-refractivity contribution is 7.85. The van der Waals surface area contributed by atoms with E-state index in [4.69, 9.17) is 16.3 Å². The molecule has 2 heterocycles. The Labute approximate surface area is 235 Å². The summed E-state index contributed by atoms with van der Waals surface area (Å²) in [5.41, 5.74) is 3.21. The topological polar surface area (TPSA) is 131 Å². The Morgan fingerprint density at radius 2 is 1.67 bits per heavy atom. The SMILES string of the molecule is O=S(=O)([O-])CCC[n+]1c(/C=C2\Oc3ccc(-c4ccccc4)cc3N2CCS(=O)(=O)[O-])sc2ccc(Cl)cc21. The van der Waals surface area contributed by atoms with E-state index in [2.05, 4.69) is 0 Å². The number of fused-ring (bicyclic) bond motifs is 2. The fourth-order valence-corrected chi connectivity index (χ4v) is 6.52. The van der Waals surface area contributed by atoms with Crippen molar-refractivity contribution in [2.24, 2.45) is 0 Å².